The minimum absolute atomic E-state index is 0.0660. The first-order chi connectivity index (χ1) is 20.4. The van der Waals surface area contributed by atoms with Gasteiger partial charge < -0.3 is 15.4 Å². The highest BCUT2D eigenvalue weighted by atomic mass is 32.2. The quantitative estimate of drug-likeness (QED) is 0.0985. The number of hydrogen-bond donors (Lipinski definition) is 2. The Hall–Kier alpha value is -3.36. The van der Waals surface area contributed by atoms with Crippen molar-refractivity contribution in [2.24, 2.45) is 0 Å². The molecule has 6 nitrogen and oxygen atoms in total. The van der Waals surface area contributed by atoms with Crippen LogP contribution in [0.5, 0.6) is 5.75 Å². The number of nitrogens with one attached hydrogen (secondary N) is 2. The van der Waals surface area contributed by atoms with E-state index in [2.05, 4.69) is 28.6 Å². The van der Waals surface area contributed by atoms with E-state index in [9.17, 15) is 9.59 Å². The lowest BCUT2D eigenvalue weighted by atomic mass is 10.1. The van der Waals surface area contributed by atoms with E-state index in [0.717, 1.165) is 43.5 Å². The smallest absolute Gasteiger partial charge is 0.255 e. The van der Waals surface area contributed by atoms with Crippen molar-refractivity contribution >= 4 is 56.5 Å². The Bertz CT molecular complexity index is 1470. The van der Waals surface area contributed by atoms with Gasteiger partial charge >= 0.3 is 0 Å². The first kappa shape index (κ1) is 31.6. The topological polar surface area (TPSA) is 80.3 Å². The molecule has 0 saturated heterocycles. The fraction of sp³-hybridized carbons (Fsp3) is 0.382. The van der Waals surface area contributed by atoms with Crippen LogP contribution in [0.2, 0.25) is 0 Å². The predicted molar refractivity (Wildman–Crippen MR) is 177 cm³/mol. The molecule has 1 heterocycles. The lowest BCUT2D eigenvalue weighted by molar-refractivity contribution is -0.113. The van der Waals surface area contributed by atoms with Gasteiger partial charge in [0, 0.05) is 16.9 Å². The molecule has 4 aromatic rings. The van der Waals surface area contributed by atoms with Gasteiger partial charge in [-0.25, -0.2) is 4.98 Å². The Kier molecular flexibility index (Phi) is 12.3. The van der Waals surface area contributed by atoms with E-state index in [1.807, 2.05) is 56.3 Å². The molecule has 3 aromatic carbocycles. The standard InChI is InChI=1S/C34H41N3O3S2/c1-4-5-6-7-8-9-10-11-20-40-28-16-13-26(14-17-28)33(39)35-27-15-19-30-31(22-27)42-34(37-30)41-23-32(38)36-29-18-12-24(2)21-25(29)3/h12-19,21-22H,4-11,20,23H2,1-3H3,(H,35,39)(H,36,38). The molecule has 0 unspecified atom stereocenters. The summed E-state index contributed by atoms with van der Waals surface area (Å²) >= 11 is 2.92. The Morgan fingerprint density at radius 2 is 1.60 bits per heavy atom. The predicted octanol–water partition coefficient (Wildman–Crippen LogP) is 9.42. The molecule has 222 valence electrons. The van der Waals surface area contributed by atoms with Crippen molar-refractivity contribution in [3.05, 3.63) is 77.4 Å². The van der Waals surface area contributed by atoms with Crippen LogP contribution in [0.4, 0.5) is 11.4 Å². The molecule has 42 heavy (non-hydrogen) atoms. The number of carbonyl (C=O) groups is 2. The zero-order valence-corrected chi connectivity index (χ0v) is 26.5. The highest BCUT2D eigenvalue weighted by Crippen LogP contribution is 2.31. The maximum absolute atomic E-state index is 12.9. The molecule has 0 spiro atoms. The monoisotopic (exact) mass is 603 g/mol. The number of aromatic nitrogens is 1. The maximum atomic E-state index is 12.9. The van der Waals surface area contributed by atoms with Crippen LogP contribution in [0, 0.1) is 13.8 Å². The molecule has 0 radical (unpaired) electrons. The third-order valence-corrected chi connectivity index (χ3v) is 9.15. The van der Waals surface area contributed by atoms with Crippen molar-refractivity contribution in [2.45, 2.75) is 76.5 Å². The van der Waals surface area contributed by atoms with Gasteiger partial charge in [0.25, 0.3) is 5.91 Å². The highest BCUT2D eigenvalue weighted by molar-refractivity contribution is 8.01. The Balaban J connectivity index is 1.21. The summed E-state index contributed by atoms with van der Waals surface area (Å²) in [5, 5.41) is 5.96. The van der Waals surface area contributed by atoms with Crippen molar-refractivity contribution in [1.82, 2.24) is 4.98 Å². The summed E-state index contributed by atoms with van der Waals surface area (Å²) in [6.45, 7) is 6.97. The average Bonchev–Trinajstić information content (AvgIpc) is 3.39. The summed E-state index contributed by atoms with van der Waals surface area (Å²) < 4.78 is 7.63. The third kappa shape index (κ3) is 9.88. The molecule has 0 atom stereocenters. The molecular formula is C34H41N3O3S2. The molecule has 2 amide bonds. The summed E-state index contributed by atoms with van der Waals surface area (Å²) in [6, 6.07) is 18.9. The van der Waals surface area contributed by atoms with Gasteiger partial charge in [0.2, 0.25) is 5.91 Å². The Morgan fingerprint density at radius 1 is 0.857 bits per heavy atom. The number of hydrogen-bond acceptors (Lipinski definition) is 6. The van der Waals surface area contributed by atoms with Crippen LogP contribution < -0.4 is 15.4 Å². The number of amides is 2. The van der Waals surface area contributed by atoms with Crippen molar-refractivity contribution in [2.75, 3.05) is 23.0 Å². The first-order valence-corrected chi connectivity index (χ1v) is 16.7. The van der Waals surface area contributed by atoms with Crippen molar-refractivity contribution < 1.29 is 14.3 Å². The van der Waals surface area contributed by atoms with E-state index in [0.29, 0.717) is 17.9 Å². The molecule has 0 fully saturated rings. The number of carbonyl (C=O) groups excluding carboxylic acids is 2. The summed E-state index contributed by atoms with van der Waals surface area (Å²) in [7, 11) is 0. The van der Waals surface area contributed by atoms with Gasteiger partial charge in [-0.05, 0) is 74.4 Å². The van der Waals surface area contributed by atoms with Crippen molar-refractivity contribution in [3.63, 3.8) is 0 Å². The summed E-state index contributed by atoms with van der Waals surface area (Å²) in [6.07, 6.45) is 10.2. The molecule has 2 N–H and O–H groups in total. The van der Waals surface area contributed by atoms with Gasteiger partial charge in [0.1, 0.15) is 5.75 Å². The molecule has 4 rings (SSSR count). The van der Waals surface area contributed by atoms with Gasteiger partial charge in [-0.2, -0.15) is 0 Å². The number of anilines is 2. The lowest BCUT2D eigenvalue weighted by Gasteiger charge is -2.08. The molecule has 0 aliphatic heterocycles. The van der Waals surface area contributed by atoms with E-state index in [1.165, 1.54) is 68.0 Å². The average molecular weight is 604 g/mol. The third-order valence-electron chi connectivity index (χ3n) is 6.99. The highest BCUT2D eigenvalue weighted by Gasteiger charge is 2.12. The first-order valence-electron chi connectivity index (χ1n) is 14.9. The number of thiazole rings is 1. The van der Waals surface area contributed by atoms with Gasteiger partial charge in [0.15, 0.2) is 4.34 Å². The molecular weight excluding hydrogens is 563 g/mol. The second kappa shape index (κ2) is 16.3. The van der Waals surface area contributed by atoms with Gasteiger partial charge in [-0.15, -0.1) is 11.3 Å². The van der Waals surface area contributed by atoms with Crippen LogP contribution in [0.15, 0.2) is 65.0 Å². The second-order valence-corrected chi connectivity index (χ2v) is 12.9. The van der Waals surface area contributed by atoms with Crippen molar-refractivity contribution in [1.29, 1.82) is 0 Å². The largest absolute Gasteiger partial charge is 0.494 e. The zero-order valence-electron chi connectivity index (χ0n) is 24.8. The van der Waals surface area contributed by atoms with Crippen LogP contribution in [0.3, 0.4) is 0 Å². The Morgan fingerprint density at radius 3 is 2.33 bits per heavy atom. The molecule has 0 aliphatic carbocycles. The molecule has 0 bridgehead atoms. The van der Waals surface area contributed by atoms with E-state index in [1.54, 1.807) is 12.1 Å². The fourth-order valence-corrected chi connectivity index (χ4v) is 6.55. The normalized spacial score (nSPS) is 11.0. The van der Waals surface area contributed by atoms with E-state index in [4.69, 9.17) is 4.74 Å². The Labute approximate surface area is 257 Å². The van der Waals surface area contributed by atoms with E-state index < -0.39 is 0 Å². The van der Waals surface area contributed by atoms with Crippen LogP contribution in [-0.4, -0.2) is 29.2 Å². The van der Waals surface area contributed by atoms with Gasteiger partial charge in [-0.3, -0.25) is 9.59 Å². The van der Waals surface area contributed by atoms with Crippen molar-refractivity contribution in [3.8, 4) is 5.75 Å². The fourth-order valence-electron chi connectivity index (χ4n) is 4.64. The molecule has 0 aliphatic rings. The number of benzene rings is 3. The van der Waals surface area contributed by atoms with E-state index in [-0.39, 0.29) is 17.6 Å². The van der Waals surface area contributed by atoms with Crippen LogP contribution in [0.1, 0.15) is 79.8 Å². The summed E-state index contributed by atoms with van der Waals surface area (Å²) in [4.78, 5) is 30.0. The number of nitrogens with zero attached hydrogens (tertiary/aromatic N) is 1. The number of fused-ring (bicyclic) bond motifs is 1. The van der Waals surface area contributed by atoms with Crippen LogP contribution >= 0.6 is 23.1 Å². The molecule has 1 aromatic heterocycles. The number of rotatable bonds is 16. The van der Waals surface area contributed by atoms with Gasteiger partial charge in [-0.1, -0.05) is 81.3 Å². The number of ether oxygens (including phenoxy) is 1. The number of thioether (sulfide) groups is 1. The lowest BCUT2D eigenvalue weighted by Crippen LogP contribution is -2.14. The minimum atomic E-state index is -0.175. The van der Waals surface area contributed by atoms with Crippen LogP contribution in [-0.2, 0) is 4.79 Å². The maximum Gasteiger partial charge on any atom is 0.255 e. The second-order valence-electron chi connectivity index (χ2n) is 10.6. The molecule has 8 heteroatoms. The SMILES string of the molecule is CCCCCCCCCCOc1ccc(C(=O)Nc2ccc3nc(SCC(=O)Nc4ccc(C)cc4C)sc3c2)cc1. The zero-order chi connectivity index (χ0) is 29.7. The summed E-state index contributed by atoms with van der Waals surface area (Å²) in [5.74, 6) is 0.818. The molecule has 0 saturated carbocycles. The summed E-state index contributed by atoms with van der Waals surface area (Å²) in [5.41, 5.74) is 5.16. The van der Waals surface area contributed by atoms with E-state index >= 15 is 0 Å². The number of unbranched alkanes of at least 4 members (excludes halogenated alkanes) is 7. The minimum Gasteiger partial charge on any atom is -0.494 e. The van der Waals surface area contributed by atoms with Crippen LogP contribution in [0.25, 0.3) is 10.2 Å². The van der Waals surface area contributed by atoms with Gasteiger partial charge in [0.05, 0.1) is 22.6 Å². The number of aryl methyl sites for hydroxylation is 2.